The molecule has 2 aliphatic heterocycles. The van der Waals surface area contributed by atoms with Gasteiger partial charge in [0.15, 0.2) is 18.1 Å². The van der Waals surface area contributed by atoms with E-state index in [1.54, 1.807) is 6.07 Å². The predicted octanol–water partition coefficient (Wildman–Crippen LogP) is 2.42. The summed E-state index contributed by atoms with van der Waals surface area (Å²) in [6, 6.07) is 16.9. The van der Waals surface area contributed by atoms with E-state index >= 15 is 0 Å². The minimum atomic E-state index is -1.13. The first kappa shape index (κ1) is 41.8. The third-order valence-corrected chi connectivity index (χ3v) is 10.8. The molecular formula is C43H43N7O11. The number of unbranched alkanes of at least 4 members (excludes halogenated alkanes) is 1. The Kier molecular flexibility index (Phi) is 12.5. The van der Waals surface area contributed by atoms with Gasteiger partial charge >= 0.3 is 0 Å². The Labute approximate surface area is 348 Å². The Bertz CT molecular complexity index is 2430. The second kappa shape index (κ2) is 18.3. The minimum absolute atomic E-state index is 0.00535. The maximum atomic E-state index is 13.2. The summed E-state index contributed by atoms with van der Waals surface area (Å²) in [5.74, 6) is -4.30. The number of hydrogen-bond acceptors (Lipinski definition) is 12. The molecule has 2 atom stereocenters. The first-order valence-corrected chi connectivity index (χ1v) is 19.8. The molecule has 1 aliphatic carbocycles. The number of ether oxygens (including phenoxy) is 1. The van der Waals surface area contributed by atoms with Crippen molar-refractivity contribution in [2.75, 3.05) is 33.3 Å². The lowest BCUT2D eigenvalue weighted by Crippen LogP contribution is -2.54. The van der Waals surface area contributed by atoms with Gasteiger partial charge in [0.1, 0.15) is 17.5 Å². The van der Waals surface area contributed by atoms with E-state index in [1.165, 1.54) is 53.9 Å². The molecule has 316 valence electrons. The van der Waals surface area contributed by atoms with E-state index in [2.05, 4.69) is 26.4 Å². The number of piperidine rings is 1. The summed E-state index contributed by atoms with van der Waals surface area (Å²) in [6.07, 6.45) is 2.75. The van der Waals surface area contributed by atoms with Crippen LogP contribution in [0.4, 0.5) is 0 Å². The van der Waals surface area contributed by atoms with E-state index in [0.29, 0.717) is 18.4 Å². The highest BCUT2D eigenvalue weighted by Crippen LogP contribution is 2.34. The number of hydrogen-bond donors (Lipinski definition) is 5. The summed E-state index contributed by atoms with van der Waals surface area (Å²) >= 11 is 0. The lowest BCUT2D eigenvalue weighted by Gasteiger charge is -2.27. The SMILES string of the molecule is CN(CCNC(=O)CCCCNC(=O)COc1cccc2c1C(=O)N(C1CCC(=O)NC1=O)C2=O)C(=O)c1ccc(-c2cc(C(=O)N[C@@H]3CCc4ccccc43)no2)cc1O. The molecule has 18 heteroatoms. The van der Waals surface area contributed by atoms with Crippen molar-refractivity contribution in [3.63, 3.8) is 0 Å². The Morgan fingerprint density at radius 2 is 1.72 bits per heavy atom. The van der Waals surface area contributed by atoms with Crippen LogP contribution in [-0.4, -0.2) is 107 Å². The Balaban J connectivity index is 0.785. The summed E-state index contributed by atoms with van der Waals surface area (Å²) in [6.45, 7) is 0.106. The number of likely N-dealkylation sites (N-methyl/N-ethyl adjacent to an activating group) is 1. The summed E-state index contributed by atoms with van der Waals surface area (Å²) < 4.78 is 11.0. The quantitative estimate of drug-likeness (QED) is 0.0807. The highest BCUT2D eigenvalue weighted by atomic mass is 16.5. The number of nitrogens with one attached hydrogen (secondary N) is 4. The maximum Gasteiger partial charge on any atom is 0.273 e. The average molecular weight is 834 g/mol. The number of imide groups is 2. The molecule has 0 spiro atoms. The molecule has 1 saturated heterocycles. The van der Waals surface area contributed by atoms with Crippen molar-refractivity contribution in [1.29, 1.82) is 0 Å². The van der Waals surface area contributed by atoms with Gasteiger partial charge in [0, 0.05) is 51.2 Å². The molecule has 3 aromatic carbocycles. The number of nitrogens with zero attached hydrogens (tertiary/aromatic N) is 3. The van der Waals surface area contributed by atoms with E-state index in [-0.39, 0.29) is 96.4 Å². The number of fused-ring (bicyclic) bond motifs is 2. The maximum absolute atomic E-state index is 13.2. The van der Waals surface area contributed by atoms with Crippen molar-refractivity contribution >= 4 is 47.3 Å². The van der Waals surface area contributed by atoms with Crippen molar-refractivity contribution in [2.24, 2.45) is 0 Å². The molecule has 61 heavy (non-hydrogen) atoms. The molecule has 1 unspecified atom stereocenters. The number of amides is 8. The van der Waals surface area contributed by atoms with Gasteiger partial charge in [-0.05, 0) is 67.5 Å². The first-order chi connectivity index (χ1) is 29.4. The van der Waals surface area contributed by atoms with Gasteiger partial charge in [0.25, 0.3) is 29.5 Å². The second-order valence-corrected chi connectivity index (χ2v) is 14.9. The fourth-order valence-electron chi connectivity index (χ4n) is 7.52. The fraction of sp³-hybridized carbons (Fsp3) is 0.326. The van der Waals surface area contributed by atoms with Gasteiger partial charge in [-0.25, -0.2) is 0 Å². The standard InChI is InChI=1S/C43H43N7O11/c1-49(41(57)27-14-12-25(21-32(27)51)34-22-30(48-61-34)39(55)46-29-15-13-24-7-2-3-8-26(24)29)20-19-45-35(52)11-4-5-18-44-37(54)23-60-33-10-6-9-28-38(33)43(59)50(42(28)58)31-16-17-36(53)47-40(31)56/h2-3,6-10,12,14,21-22,29,31,51H,4-5,11,13,15-20,23H2,1H3,(H,44,54)(H,45,52)(H,46,55)(H,47,53,56)/t29-,31?/m1/s1. The molecule has 7 rings (SSSR count). The molecule has 0 bridgehead atoms. The van der Waals surface area contributed by atoms with Crippen LogP contribution in [-0.2, 0) is 25.6 Å². The van der Waals surface area contributed by atoms with Crippen LogP contribution >= 0.6 is 0 Å². The third kappa shape index (κ3) is 9.27. The summed E-state index contributed by atoms with van der Waals surface area (Å²) in [5.41, 5.74) is 2.80. The number of aryl methyl sites for hydroxylation is 1. The van der Waals surface area contributed by atoms with Crippen LogP contribution in [0.25, 0.3) is 11.3 Å². The molecule has 1 aromatic heterocycles. The van der Waals surface area contributed by atoms with E-state index in [4.69, 9.17) is 9.26 Å². The zero-order valence-corrected chi connectivity index (χ0v) is 33.2. The zero-order chi connectivity index (χ0) is 43.2. The minimum Gasteiger partial charge on any atom is -0.507 e. The molecule has 8 amide bonds. The zero-order valence-electron chi connectivity index (χ0n) is 33.2. The van der Waals surface area contributed by atoms with Crippen molar-refractivity contribution in [1.82, 2.24) is 36.2 Å². The van der Waals surface area contributed by atoms with Gasteiger partial charge in [-0.1, -0.05) is 41.6 Å². The van der Waals surface area contributed by atoms with E-state index in [9.17, 15) is 43.5 Å². The van der Waals surface area contributed by atoms with E-state index in [1.807, 2.05) is 24.3 Å². The third-order valence-electron chi connectivity index (χ3n) is 10.8. The summed E-state index contributed by atoms with van der Waals surface area (Å²) in [7, 11) is 1.54. The number of aromatic nitrogens is 1. The average Bonchev–Trinajstić information content (AvgIpc) is 3.97. The number of aromatic hydroxyl groups is 1. The largest absolute Gasteiger partial charge is 0.507 e. The predicted molar refractivity (Wildman–Crippen MR) is 214 cm³/mol. The molecule has 4 aromatic rings. The number of carbonyl (C=O) groups is 8. The second-order valence-electron chi connectivity index (χ2n) is 14.9. The highest BCUT2D eigenvalue weighted by Gasteiger charge is 2.46. The van der Waals surface area contributed by atoms with Crippen LogP contribution in [0.15, 0.2) is 71.3 Å². The van der Waals surface area contributed by atoms with E-state index in [0.717, 1.165) is 23.3 Å². The Hall–Kier alpha value is -7.37. The highest BCUT2D eigenvalue weighted by molar-refractivity contribution is 6.24. The van der Waals surface area contributed by atoms with Gasteiger partial charge in [0.05, 0.1) is 22.7 Å². The smallest absolute Gasteiger partial charge is 0.273 e. The van der Waals surface area contributed by atoms with Gasteiger partial charge in [-0.3, -0.25) is 48.6 Å². The molecule has 3 heterocycles. The Morgan fingerprint density at radius 3 is 2.52 bits per heavy atom. The molecule has 5 N–H and O–H groups in total. The van der Waals surface area contributed by atoms with Crippen LogP contribution in [0.5, 0.6) is 11.5 Å². The van der Waals surface area contributed by atoms with Crippen LogP contribution in [0.2, 0.25) is 0 Å². The number of phenolic OH excluding ortho intramolecular Hbond substituents is 1. The molecule has 3 aliphatic rings. The molecule has 0 saturated carbocycles. The van der Waals surface area contributed by atoms with Crippen molar-refractivity contribution in [2.45, 2.75) is 57.0 Å². The van der Waals surface area contributed by atoms with Gasteiger partial charge in [0.2, 0.25) is 17.7 Å². The van der Waals surface area contributed by atoms with Crippen LogP contribution < -0.4 is 26.0 Å². The van der Waals surface area contributed by atoms with Gasteiger partial charge in [-0.2, -0.15) is 0 Å². The molecular weight excluding hydrogens is 791 g/mol. The first-order valence-electron chi connectivity index (χ1n) is 19.8. The van der Waals surface area contributed by atoms with Crippen molar-refractivity contribution < 1.29 is 52.7 Å². The van der Waals surface area contributed by atoms with Crippen molar-refractivity contribution in [3.05, 3.63) is 100 Å². The number of benzene rings is 3. The molecule has 0 radical (unpaired) electrons. The van der Waals surface area contributed by atoms with Gasteiger partial charge in [-0.15, -0.1) is 0 Å². The number of phenols is 1. The lowest BCUT2D eigenvalue weighted by molar-refractivity contribution is -0.136. The topological polar surface area (TPSA) is 247 Å². The fourth-order valence-corrected chi connectivity index (χ4v) is 7.52. The molecule has 18 nitrogen and oxygen atoms in total. The van der Waals surface area contributed by atoms with Crippen LogP contribution in [0.3, 0.4) is 0 Å². The summed E-state index contributed by atoms with van der Waals surface area (Å²) in [5, 5.41) is 25.2. The lowest BCUT2D eigenvalue weighted by atomic mass is 10.0. The number of rotatable bonds is 16. The Morgan fingerprint density at radius 1 is 0.918 bits per heavy atom. The molecule has 1 fully saturated rings. The van der Waals surface area contributed by atoms with Gasteiger partial charge < -0.3 is 35.2 Å². The van der Waals surface area contributed by atoms with Crippen molar-refractivity contribution in [3.8, 4) is 22.8 Å². The van der Waals surface area contributed by atoms with Crippen LogP contribution in [0, 0.1) is 0 Å². The normalized spacial score (nSPS) is 16.7. The number of carbonyl (C=O) groups excluding carboxylic acids is 8. The van der Waals surface area contributed by atoms with Crippen LogP contribution in [0.1, 0.15) is 97.3 Å². The monoisotopic (exact) mass is 833 g/mol. The summed E-state index contributed by atoms with van der Waals surface area (Å²) in [4.78, 5) is 103. The van der Waals surface area contributed by atoms with E-state index < -0.39 is 48.1 Å².